The molecule has 26 heavy (non-hydrogen) atoms. The van der Waals surface area contributed by atoms with Gasteiger partial charge in [0.1, 0.15) is 11.6 Å². The van der Waals surface area contributed by atoms with Gasteiger partial charge in [-0.1, -0.05) is 42.5 Å². The molecule has 3 rings (SSSR count). The van der Waals surface area contributed by atoms with E-state index in [1.165, 1.54) is 0 Å². The first-order chi connectivity index (χ1) is 12.5. The Bertz CT molecular complexity index is 972. The van der Waals surface area contributed by atoms with Crippen molar-refractivity contribution in [3.63, 3.8) is 0 Å². The van der Waals surface area contributed by atoms with Gasteiger partial charge in [-0.15, -0.1) is 0 Å². The Morgan fingerprint density at radius 1 is 0.923 bits per heavy atom. The van der Waals surface area contributed by atoms with Crippen molar-refractivity contribution < 1.29 is 8.42 Å². The van der Waals surface area contributed by atoms with E-state index in [9.17, 15) is 8.42 Å². The Morgan fingerprint density at radius 3 is 2.23 bits per heavy atom. The standard InChI is InChI=1S/C19H20N4O2S/c1-23(2)19-12-13-20-18(22-19)14-21-26(24,25)17-10-8-16(9-11-17)15-6-4-3-5-7-15/h3-13,21H,14H2,1-2H3. The van der Waals surface area contributed by atoms with Crippen molar-refractivity contribution in [2.75, 3.05) is 19.0 Å². The van der Waals surface area contributed by atoms with Crippen LogP contribution in [0.25, 0.3) is 11.1 Å². The second-order valence-corrected chi connectivity index (χ2v) is 7.71. The van der Waals surface area contributed by atoms with Crippen LogP contribution in [0.3, 0.4) is 0 Å². The summed E-state index contributed by atoms with van der Waals surface area (Å²) in [6, 6.07) is 18.4. The second-order valence-electron chi connectivity index (χ2n) is 5.94. The van der Waals surface area contributed by atoms with Crippen LogP contribution < -0.4 is 9.62 Å². The molecule has 1 heterocycles. The minimum atomic E-state index is -3.63. The minimum absolute atomic E-state index is 0.0322. The molecule has 0 saturated heterocycles. The lowest BCUT2D eigenvalue weighted by Gasteiger charge is -2.12. The lowest BCUT2D eigenvalue weighted by atomic mass is 10.1. The molecule has 3 aromatic rings. The summed E-state index contributed by atoms with van der Waals surface area (Å²) in [5.74, 6) is 1.14. The van der Waals surface area contributed by atoms with E-state index in [4.69, 9.17) is 0 Å². The molecular weight excluding hydrogens is 348 g/mol. The van der Waals surface area contributed by atoms with E-state index >= 15 is 0 Å². The van der Waals surface area contributed by atoms with Gasteiger partial charge in [0.15, 0.2) is 0 Å². The van der Waals surface area contributed by atoms with E-state index in [2.05, 4.69) is 14.7 Å². The van der Waals surface area contributed by atoms with E-state index in [1.54, 1.807) is 36.5 Å². The quantitative estimate of drug-likeness (QED) is 0.724. The van der Waals surface area contributed by atoms with Crippen LogP contribution in [0.15, 0.2) is 71.8 Å². The molecule has 134 valence electrons. The smallest absolute Gasteiger partial charge is 0.240 e. The summed E-state index contributed by atoms with van der Waals surface area (Å²) in [5.41, 5.74) is 2.00. The maximum Gasteiger partial charge on any atom is 0.240 e. The highest BCUT2D eigenvalue weighted by Crippen LogP contribution is 2.21. The van der Waals surface area contributed by atoms with Crippen LogP contribution in [0.1, 0.15) is 5.82 Å². The Labute approximate surface area is 153 Å². The maximum atomic E-state index is 12.5. The van der Waals surface area contributed by atoms with Gasteiger partial charge in [-0.25, -0.2) is 23.1 Å². The zero-order valence-corrected chi connectivity index (χ0v) is 15.4. The number of nitrogens with zero attached hydrogens (tertiary/aromatic N) is 3. The van der Waals surface area contributed by atoms with Crippen molar-refractivity contribution in [3.8, 4) is 11.1 Å². The van der Waals surface area contributed by atoms with Crippen molar-refractivity contribution >= 4 is 15.8 Å². The summed E-state index contributed by atoms with van der Waals surface area (Å²) >= 11 is 0. The average molecular weight is 368 g/mol. The molecule has 6 nitrogen and oxygen atoms in total. The van der Waals surface area contributed by atoms with E-state index in [-0.39, 0.29) is 11.4 Å². The van der Waals surface area contributed by atoms with Crippen LogP contribution in [0.2, 0.25) is 0 Å². The highest BCUT2D eigenvalue weighted by Gasteiger charge is 2.14. The molecule has 1 N–H and O–H groups in total. The number of aromatic nitrogens is 2. The van der Waals surface area contributed by atoms with Gasteiger partial charge in [0.2, 0.25) is 10.0 Å². The predicted molar refractivity (Wildman–Crippen MR) is 102 cm³/mol. The van der Waals surface area contributed by atoms with E-state index < -0.39 is 10.0 Å². The number of rotatable bonds is 6. The number of anilines is 1. The molecule has 0 aliphatic heterocycles. The summed E-state index contributed by atoms with van der Waals surface area (Å²) in [5, 5.41) is 0. The zero-order chi connectivity index (χ0) is 18.6. The molecule has 7 heteroatoms. The predicted octanol–water partition coefficient (Wildman–Crippen LogP) is 2.69. The zero-order valence-electron chi connectivity index (χ0n) is 14.6. The fourth-order valence-electron chi connectivity index (χ4n) is 2.42. The van der Waals surface area contributed by atoms with Crippen LogP contribution in [0, 0.1) is 0 Å². The summed E-state index contributed by atoms with van der Waals surface area (Å²) in [6.45, 7) is 0.0322. The molecule has 2 aromatic carbocycles. The molecule has 0 aliphatic rings. The summed E-state index contributed by atoms with van der Waals surface area (Å²) in [7, 11) is 0.0972. The highest BCUT2D eigenvalue weighted by molar-refractivity contribution is 7.89. The molecule has 0 atom stereocenters. The molecule has 0 radical (unpaired) electrons. The lowest BCUT2D eigenvalue weighted by molar-refractivity contribution is 0.579. The molecule has 0 fully saturated rings. The lowest BCUT2D eigenvalue weighted by Crippen LogP contribution is -2.24. The monoisotopic (exact) mass is 368 g/mol. The number of nitrogens with one attached hydrogen (secondary N) is 1. The van der Waals surface area contributed by atoms with Crippen molar-refractivity contribution in [1.82, 2.24) is 14.7 Å². The molecule has 0 bridgehead atoms. The third-order valence-electron chi connectivity index (χ3n) is 3.84. The molecule has 0 saturated carbocycles. The normalized spacial score (nSPS) is 11.3. The van der Waals surface area contributed by atoms with Gasteiger partial charge in [-0.05, 0) is 29.3 Å². The molecule has 0 unspecified atom stereocenters. The molecule has 0 amide bonds. The Balaban J connectivity index is 1.73. The van der Waals surface area contributed by atoms with Gasteiger partial charge in [0, 0.05) is 20.3 Å². The third-order valence-corrected chi connectivity index (χ3v) is 5.26. The first-order valence-corrected chi connectivity index (χ1v) is 9.58. The molecular formula is C19H20N4O2S. The maximum absolute atomic E-state index is 12.5. The van der Waals surface area contributed by atoms with Gasteiger partial charge in [-0.3, -0.25) is 0 Å². The first kappa shape index (κ1) is 18.0. The third kappa shape index (κ3) is 4.25. The van der Waals surface area contributed by atoms with Crippen LogP contribution in [-0.2, 0) is 16.6 Å². The second kappa shape index (κ2) is 7.63. The van der Waals surface area contributed by atoms with Crippen molar-refractivity contribution in [1.29, 1.82) is 0 Å². The number of benzene rings is 2. The number of hydrogen-bond donors (Lipinski definition) is 1. The van der Waals surface area contributed by atoms with Crippen LogP contribution in [0.4, 0.5) is 5.82 Å². The van der Waals surface area contributed by atoms with Crippen molar-refractivity contribution in [2.45, 2.75) is 11.4 Å². The highest BCUT2D eigenvalue weighted by atomic mass is 32.2. The minimum Gasteiger partial charge on any atom is -0.363 e. The van der Waals surface area contributed by atoms with Gasteiger partial charge in [0.25, 0.3) is 0 Å². The topological polar surface area (TPSA) is 75.2 Å². The SMILES string of the molecule is CN(C)c1ccnc(CNS(=O)(=O)c2ccc(-c3ccccc3)cc2)n1. The number of hydrogen-bond acceptors (Lipinski definition) is 5. The Kier molecular flexibility index (Phi) is 5.29. The van der Waals surface area contributed by atoms with E-state index in [0.717, 1.165) is 16.9 Å². The summed E-state index contributed by atoms with van der Waals surface area (Å²) in [4.78, 5) is 10.5. The van der Waals surface area contributed by atoms with Crippen molar-refractivity contribution in [3.05, 3.63) is 72.7 Å². The summed E-state index contributed by atoms with van der Waals surface area (Å²) in [6.07, 6.45) is 1.61. The van der Waals surface area contributed by atoms with Crippen LogP contribution in [-0.4, -0.2) is 32.5 Å². The fourth-order valence-corrected chi connectivity index (χ4v) is 3.40. The van der Waals surface area contributed by atoms with Crippen LogP contribution >= 0.6 is 0 Å². The molecule has 0 aliphatic carbocycles. The number of sulfonamides is 1. The molecule has 0 spiro atoms. The van der Waals surface area contributed by atoms with Gasteiger partial charge in [-0.2, -0.15) is 0 Å². The largest absolute Gasteiger partial charge is 0.363 e. The van der Waals surface area contributed by atoms with Gasteiger partial charge in [0.05, 0.1) is 11.4 Å². The first-order valence-electron chi connectivity index (χ1n) is 8.10. The van der Waals surface area contributed by atoms with E-state index in [1.807, 2.05) is 49.3 Å². The van der Waals surface area contributed by atoms with Gasteiger partial charge >= 0.3 is 0 Å². The fraction of sp³-hybridized carbons (Fsp3) is 0.158. The molecule has 1 aromatic heterocycles. The van der Waals surface area contributed by atoms with Gasteiger partial charge < -0.3 is 4.90 Å². The van der Waals surface area contributed by atoms with Crippen LogP contribution in [0.5, 0.6) is 0 Å². The average Bonchev–Trinajstić information content (AvgIpc) is 2.67. The Hall–Kier alpha value is -2.77. The Morgan fingerprint density at radius 2 is 1.58 bits per heavy atom. The van der Waals surface area contributed by atoms with E-state index in [0.29, 0.717) is 5.82 Å². The van der Waals surface area contributed by atoms with Crippen molar-refractivity contribution in [2.24, 2.45) is 0 Å². The summed E-state index contributed by atoms with van der Waals surface area (Å²) < 4.78 is 27.5.